The van der Waals surface area contributed by atoms with Crippen LogP contribution >= 0.6 is 0 Å². The number of carbonyl (C=O) groups is 1. The molecule has 1 aliphatic rings. The van der Waals surface area contributed by atoms with Crippen LogP contribution in [0.25, 0.3) is 0 Å². The number of carbonyl (C=O) groups excluding carboxylic acids is 1. The molecule has 0 unspecified atom stereocenters. The Kier molecular flexibility index (Phi) is 4.26. The predicted molar refractivity (Wildman–Crippen MR) is 80.6 cm³/mol. The van der Waals surface area contributed by atoms with E-state index in [1.54, 1.807) is 22.9 Å². The fourth-order valence-corrected chi connectivity index (χ4v) is 2.47. The highest BCUT2D eigenvalue weighted by atomic mass is 16.5. The van der Waals surface area contributed by atoms with Gasteiger partial charge in [0.05, 0.1) is 25.0 Å². The van der Waals surface area contributed by atoms with E-state index in [4.69, 9.17) is 9.39 Å². The van der Waals surface area contributed by atoms with Crippen molar-refractivity contribution >= 4 is 18.6 Å². The molecule has 0 bridgehead atoms. The number of esters is 1. The van der Waals surface area contributed by atoms with E-state index in [-0.39, 0.29) is 5.97 Å². The lowest BCUT2D eigenvalue weighted by Gasteiger charge is -2.06. The molecule has 0 saturated heterocycles. The summed E-state index contributed by atoms with van der Waals surface area (Å²) >= 11 is 0. The van der Waals surface area contributed by atoms with Gasteiger partial charge in [-0.3, -0.25) is 4.68 Å². The zero-order chi connectivity index (χ0) is 15.5. The maximum atomic E-state index is 12.0. The van der Waals surface area contributed by atoms with Crippen molar-refractivity contribution in [1.29, 1.82) is 0 Å². The van der Waals surface area contributed by atoms with Gasteiger partial charge in [0.25, 0.3) is 0 Å². The highest BCUT2D eigenvalue weighted by molar-refractivity contribution is 6.61. The molecular formula is C15H17BN2O4. The summed E-state index contributed by atoms with van der Waals surface area (Å²) < 4.78 is 12.1. The first-order valence-corrected chi connectivity index (χ1v) is 7.20. The van der Waals surface area contributed by atoms with Crippen LogP contribution in [0.2, 0.25) is 0 Å². The number of aryl methyl sites for hydroxylation is 2. The van der Waals surface area contributed by atoms with Crippen LogP contribution in [0, 0.1) is 0 Å². The third-order valence-electron chi connectivity index (χ3n) is 3.65. The molecule has 114 valence electrons. The number of hydrogen-bond donors (Lipinski definition) is 1. The molecule has 6 nitrogen and oxygen atoms in total. The molecule has 2 aromatic rings. The van der Waals surface area contributed by atoms with Gasteiger partial charge in [-0.05, 0) is 41.6 Å². The van der Waals surface area contributed by atoms with Gasteiger partial charge in [0.15, 0.2) is 0 Å². The van der Waals surface area contributed by atoms with E-state index in [2.05, 4.69) is 5.10 Å². The SMILES string of the molecule is Cn1cc(CCCOC(=O)c2ccc3c(c2)B(O)OC3)cn1. The largest absolute Gasteiger partial charge is 0.491 e. The molecule has 1 N–H and O–H groups in total. The van der Waals surface area contributed by atoms with Gasteiger partial charge < -0.3 is 14.4 Å². The van der Waals surface area contributed by atoms with Gasteiger partial charge in [-0.1, -0.05) is 6.07 Å². The van der Waals surface area contributed by atoms with Crippen molar-refractivity contribution in [2.45, 2.75) is 19.4 Å². The minimum Gasteiger partial charge on any atom is -0.462 e. The monoisotopic (exact) mass is 300 g/mol. The van der Waals surface area contributed by atoms with Gasteiger partial charge in [0.2, 0.25) is 0 Å². The molecule has 0 saturated carbocycles. The molecule has 0 radical (unpaired) electrons. The van der Waals surface area contributed by atoms with E-state index >= 15 is 0 Å². The van der Waals surface area contributed by atoms with Crippen LogP contribution < -0.4 is 5.46 Å². The van der Waals surface area contributed by atoms with Crippen molar-refractivity contribution in [3.63, 3.8) is 0 Å². The standard InChI is InChI=1S/C15H17BN2O4/c1-18-9-11(8-17-18)3-2-6-21-15(19)12-4-5-13-10-22-16(20)14(13)7-12/h4-5,7-9,20H,2-3,6,10H2,1H3. The smallest absolute Gasteiger partial charge is 0.462 e. The minimum absolute atomic E-state index is 0.351. The Hall–Kier alpha value is -2.12. The van der Waals surface area contributed by atoms with Crippen molar-refractivity contribution in [1.82, 2.24) is 9.78 Å². The zero-order valence-corrected chi connectivity index (χ0v) is 12.4. The van der Waals surface area contributed by atoms with Crippen LogP contribution in [-0.4, -0.2) is 34.5 Å². The normalized spacial score (nSPS) is 13.3. The van der Waals surface area contributed by atoms with E-state index in [9.17, 15) is 9.82 Å². The molecule has 0 amide bonds. The van der Waals surface area contributed by atoms with E-state index < -0.39 is 7.12 Å². The average Bonchev–Trinajstić information content (AvgIpc) is 3.09. The van der Waals surface area contributed by atoms with Crippen molar-refractivity contribution in [2.75, 3.05) is 6.61 Å². The molecular weight excluding hydrogens is 283 g/mol. The first-order chi connectivity index (χ1) is 10.6. The minimum atomic E-state index is -0.951. The van der Waals surface area contributed by atoms with Gasteiger partial charge in [-0.15, -0.1) is 0 Å². The summed E-state index contributed by atoms with van der Waals surface area (Å²) in [6.07, 6.45) is 5.32. The Morgan fingerprint density at radius 3 is 3.18 bits per heavy atom. The second-order valence-electron chi connectivity index (χ2n) is 5.34. The fourth-order valence-electron chi connectivity index (χ4n) is 2.47. The molecule has 22 heavy (non-hydrogen) atoms. The number of ether oxygens (including phenoxy) is 1. The number of nitrogens with zero attached hydrogens (tertiary/aromatic N) is 2. The van der Waals surface area contributed by atoms with Crippen molar-refractivity contribution in [2.24, 2.45) is 7.05 Å². The maximum Gasteiger partial charge on any atom is 0.491 e. The number of hydrogen-bond acceptors (Lipinski definition) is 5. The summed E-state index contributed by atoms with van der Waals surface area (Å²) in [5, 5.41) is 13.7. The summed E-state index contributed by atoms with van der Waals surface area (Å²) in [4.78, 5) is 12.0. The number of benzene rings is 1. The predicted octanol–water partition coefficient (Wildman–Crippen LogP) is 0.427. The second-order valence-corrected chi connectivity index (χ2v) is 5.34. The third kappa shape index (κ3) is 3.21. The third-order valence-corrected chi connectivity index (χ3v) is 3.65. The summed E-state index contributed by atoms with van der Waals surface area (Å²) in [6.45, 7) is 0.723. The molecule has 0 atom stereocenters. The van der Waals surface area contributed by atoms with E-state index in [1.807, 2.05) is 19.4 Å². The average molecular weight is 300 g/mol. The molecule has 2 heterocycles. The van der Waals surface area contributed by atoms with Crippen LogP contribution in [0.15, 0.2) is 30.6 Å². The van der Waals surface area contributed by atoms with Crippen LogP contribution in [0.5, 0.6) is 0 Å². The van der Waals surface area contributed by atoms with Gasteiger partial charge >= 0.3 is 13.1 Å². The van der Waals surface area contributed by atoms with Crippen LogP contribution in [0.1, 0.15) is 27.9 Å². The molecule has 1 aromatic heterocycles. The lowest BCUT2D eigenvalue weighted by atomic mass is 9.79. The Morgan fingerprint density at radius 2 is 2.41 bits per heavy atom. The Morgan fingerprint density at radius 1 is 1.55 bits per heavy atom. The number of aromatic nitrogens is 2. The Bertz CT molecular complexity index is 686. The quantitative estimate of drug-likeness (QED) is 0.492. The molecule has 0 spiro atoms. The lowest BCUT2D eigenvalue weighted by Crippen LogP contribution is -2.28. The van der Waals surface area contributed by atoms with Gasteiger partial charge in [-0.25, -0.2) is 4.79 Å². The molecule has 3 rings (SSSR count). The fraction of sp³-hybridized carbons (Fsp3) is 0.333. The first-order valence-electron chi connectivity index (χ1n) is 7.20. The first kappa shape index (κ1) is 14.8. The van der Waals surface area contributed by atoms with E-state index in [0.29, 0.717) is 24.2 Å². The summed E-state index contributed by atoms with van der Waals surface area (Å²) in [5.41, 5.74) is 3.10. The summed E-state index contributed by atoms with van der Waals surface area (Å²) in [5.74, 6) is -0.381. The van der Waals surface area contributed by atoms with Crippen molar-refractivity contribution < 1.29 is 19.2 Å². The van der Waals surface area contributed by atoms with Crippen LogP contribution in [-0.2, 0) is 29.5 Å². The van der Waals surface area contributed by atoms with E-state index in [0.717, 1.165) is 24.0 Å². The Labute approximate surface area is 128 Å². The van der Waals surface area contributed by atoms with Gasteiger partial charge in [0, 0.05) is 13.2 Å². The molecule has 0 fully saturated rings. The van der Waals surface area contributed by atoms with Gasteiger partial charge in [0.1, 0.15) is 0 Å². The highest BCUT2D eigenvalue weighted by Crippen LogP contribution is 2.12. The molecule has 1 aliphatic heterocycles. The molecule has 7 heteroatoms. The molecule has 0 aliphatic carbocycles. The Balaban J connectivity index is 1.51. The van der Waals surface area contributed by atoms with E-state index in [1.165, 1.54) is 0 Å². The maximum absolute atomic E-state index is 12.0. The summed E-state index contributed by atoms with van der Waals surface area (Å²) in [6, 6.07) is 5.12. The van der Waals surface area contributed by atoms with Crippen molar-refractivity contribution in [3.8, 4) is 0 Å². The van der Waals surface area contributed by atoms with Crippen molar-refractivity contribution in [3.05, 3.63) is 47.3 Å². The number of rotatable bonds is 5. The summed E-state index contributed by atoms with van der Waals surface area (Å²) in [7, 11) is 0.920. The molecule has 1 aromatic carbocycles. The second kappa shape index (κ2) is 6.33. The number of fused-ring (bicyclic) bond motifs is 1. The topological polar surface area (TPSA) is 73.6 Å². The lowest BCUT2D eigenvalue weighted by molar-refractivity contribution is 0.0500. The van der Waals surface area contributed by atoms with Crippen LogP contribution in [0.3, 0.4) is 0 Å². The van der Waals surface area contributed by atoms with Crippen LogP contribution in [0.4, 0.5) is 0 Å². The highest BCUT2D eigenvalue weighted by Gasteiger charge is 2.28. The zero-order valence-electron chi connectivity index (χ0n) is 12.4. The van der Waals surface area contributed by atoms with Gasteiger partial charge in [-0.2, -0.15) is 5.10 Å².